The van der Waals surface area contributed by atoms with Crippen molar-refractivity contribution in [2.45, 2.75) is 26.3 Å². The summed E-state index contributed by atoms with van der Waals surface area (Å²) >= 11 is 0. The normalized spacial score (nSPS) is 18.1. The largest absolute Gasteiger partial charge is 0.507 e. The molecule has 1 fully saturated rings. The molecule has 2 heterocycles. The molecular formula is C24H28N2O5. The van der Waals surface area contributed by atoms with E-state index in [0.717, 1.165) is 0 Å². The number of Topliss-reactive ketones (excluding diaryl/α,β-unsaturated/α-hetero) is 1. The van der Waals surface area contributed by atoms with Crippen LogP contribution < -0.4 is 4.74 Å². The van der Waals surface area contributed by atoms with Gasteiger partial charge in [0.2, 0.25) is 0 Å². The van der Waals surface area contributed by atoms with Gasteiger partial charge in [0.15, 0.2) is 0 Å². The molecule has 0 aliphatic carbocycles. The van der Waals surface area contributed by atoms with Crippen molar-refractivity contribution < 1.29 is 24.2 Å². The predicted octanol–water partition coefficient (Wildman–Crippen LogP) is 3.57. The Balaban J connectivity index is 1.98. The van der Waals surface area contributed by atoms with E-state index in [9.17, 15) is 14.7 Å². The molecule has 0 bridgehead atoms. The summed E-state index contributed by atoms with van der Waals surface area (Å²) in [4.78, 5) is 31.3. The van der Waals surface area contributed by atoms with Gasteiger partial charge in [-0.05, 0) is 48.2 Å². The summed E-state index contributed by atoms with van der Waals surface area (Å²) in [5.41, 5.74) is 1.17. The van der Waals surface area contributed by atoms with Gasteiger partial charge in [-0.25, -0.2) is 0 Å². The molecule has 1 atom stereocenters. The van der Waals surface area contributed by atoms with Gasteiger partial charge in [-0.2, -0.15) is 0 Å². The van der Waals surface area contributed by atoms with Crippen LogP contribution in [0.4, 0.5) is 0 Å². The summed E-state index contributed by atoms with van der Waals surface area (Å²) in [7, 11) is 1.58. The highest BCUT2D eigenvalue weighted by Crippen LogP contribution is 2.39. The van der Waals surface area contributed by atoms with Crippen molar-refractivity contribution in [2.75, 3.05) is 26.9 Å². The Kier molecular flexibility index (Phi) is 7.41. The number of pyridine rings is 1. The van der Waals surface area contributed by atoms with Crippen LogP contribution in [0.5, 0.6) is 5.75 Å². The number of ketones is 1. The average Bonchev–Trinajstić information content (AvgIpc) is 3.03. The molecule has 7 nitrogen and oxygen atoms in total. The first-order valence-electron chi connectivity index (χ1n) is 10.3. The molecule has 2 aromatic rings. The lowest BCUT2D eigenvalue weighted by molar-refractivity contribution is -0.140. The first kappa shape index (κ1) is 22.5. The molecule has 1 aliphatic rings. The third kappa shape index (κ3) is 5.11. The molecule has 1 amide bonds. The maximum atomic E-state index is 12.9. The lowest BCUT2D eigenvalue weighted by Gasteiger charge is -2.25. The summed E-state index contributed by atoms with van der Waals surface area (Å²) in [5, 5.41) is 11.0. The van der Waals surface area contributed by atoms with Gasteiger partial charge in [0.05, 0.1) is 18.2 Å². The standard InChI is InChI=1S/C24H28N2O5/c1-16(2)15-31-19-9-7-17(8-10-19)22(27)20-21(18-6-4-11-25-14-18)26(12-5-13-30-3)24(29)23(20)28/h4,6-11,14,16,21,27H,5,12-13,15H2,1-3H3/b22-20+/t21-/m1/s1. The molecule has 1 aromatic heterocycles. The van der Waals surface area contributed by atoms with Crippen molar-refractivity contribution in [3.8, 4) is 5.75 Å². The minimum absolute atomic E-state index is 0.0614. The molecule has 7 heteroatoms. The van der Waals surface area contributed by atoms with Crippen LogP contribution in [-0.2, 0) is 14.3 Å². The summed E-state index contributed by atoms with van der Waals surface area (Å²) in [6, 6.07) is 9.68. The van der Waals surface area contributed by atoms with Gasteiger partial charge in [0, 0.05) is 38.2 Å². The average molecular weight is 424 g/mol. The lowest BCUT2D eigenvalue weighted by atomic mass is 9.96. The van der Waals surface area contributed by atoms with Gasteiger partial charge >= 0.3 is 0 Å². The second kappa shape index (κ2) is 10.2. The third-order valence-electron chi connectivity index (χ3n) is 5.00. The van der Waals surface area contributed by atoms with E-state index in [0.29, 0.717) is 49.0 Å². The molecule has 1 aliphatic heterocycles. The zero-order valence-electron chi connectivity index (χ0n) is 18.1. The smallest absolute Gasteiger partial charge is 0.295 e. The Morgan fingerprint density at radius 3 is 2.55 bits per heavy atom. The van der Waals surface area contributed by atoms with Crippen molar-refractivity contribution >= 4 is 17.4 Å². The summed E-state index contributed by atoms with van der Waals surface area (Å²) < 4.78 is 10.8. The molecule has 0 spiro atoms. The summed E-state index contributed by atoms with van der Waals surface area (Å²) in [6.45, 7) is 5.49. The van der Waals surface area contributed by atoms with E-state index in [2.05, 4.69) is 18.8 Å². The van der Waals surface area contributed by atoms with Crippen LogP contribution in [0.2, 0.25) is 0 Å². The fourth-order valence-corrected chi connectivity index (χ4v) is 3.50. The number of benzene rings is 1. The fraction of sp³-hybridized carbons (Fsp3) is 0.375. The molecule has 1 N–H and O–H groups in total. The molecule has 0 radical (unpaired) electrons. The highest BCUT2D eigenvalue weighted by Gasteiger charge is 2.45. The first-order valence-corrected chi connectivity index (χ1v) is 10.3. The van der Waals surface area contributed by atoms with Crippen molar-refractivity contribution in [3.05, 3.63) is 65.5 Å². The zero-order valence-corrected chi connectivity index (χ0v) is 18.1. The van der Waals surface area contributed by atoms with E-state index in [4.69, 9.17) is 9.47 Å². The number of methoxy groups -OCH3 is 1. The lowest BCUT2D eigenvalue weighted by Crippen LogP contribution is -2.31. The number of aromatic nitrogens is 1. The van der Waals surface area contributed by atoms with Gasteiger partial charge < -0.3 is 19.5 Å². The van der Waals surface area contributed by atoms with E-state index in [1.54, 1.807) is 55.9 Å². The Morgan fingerprint density at radius 2 is 1.94 bits per heavy atom. The van der Waals surface area contributed by atoms with Crippen LogP contribution in [0.15, 0.2) is 54.4 Å². The first-order chi connectivity index (χ1) is 14.9. The highest BCUT2D eigenvalue weighted by atomic mass is 16.5. The Labute approximate surface area is 182 Å². The molecular weight excluding hydrogens is 396 g/mol. The molecule has 1 saturated heterocycles. The highest BCUT2D eigenvalue weighted by molar-refractivity contribution is 6.46. The van der Waals surface area contributed by atoms with E-state index < -0.39 is 17.7 Å². The second-order valence-electron chi connectivity index (χ2n) is 7.85. The Bertz CT molecular complexity index is 938. The summed E-state index contributed by atoms with van der Waals surface area (Å²) in [6.07, 6.45) is 3.80. The van der Waals surface area contributed by atoms with E-state index in [1.807, 2.05) is 0 Å². The number of hydrogen-bond acceptors (Lipinski definition) is 6. The monoisotopic (exact) mass is 424 g/mol. The van der Waals surface area contributed by atoms with Gasteiger partial charge in [-0.3, -0.25) is 14.6 Å². The topological polar surface area (TPSA) is 89.0 Å². The van der Waals surface area contributed by atoms with Crippen LogP contribution in [0.3, 0.4) is 0 Å². The second-order valence-corrected chi connectivity index (χ2v) is 7.85. The van der Waals surface area contributed by atoms with Crippen LogP contribution >= 0.6 is 0 Å². The number of hydrogen-bond donors (Lipinski definition) is 1. The number of likely N-dealkylation sites (tertiary alicyclic amines) is 1. The number of carbonyl (C=O) groups is 2. The Morgan fingerprint density at radius 1 is 1.19 bits per heavy atom. The molecule has 164 valence electrons. The van der Waals surface area contributed by atoms with Crippen molar-refractivity contribution in [1.82, 2.24) is 9.88 Å². The number of nitrogens with zero attached hydrogens (tertiary/aromatic N) is 2. The number of aliphatic hydroxyl groups is 1. The fourth-order valence-electron chi connectivity index (χ4n) is 3.50. The molecule has 1 aromatic carbocycles. The number of amides is 1. The molecule has 0 unspecified atom stereocenters. The number of aliphatic hydroxyl groups excluding tert-OH is 1. The van der Waals surface area contributed by atoms with Gasteiger partial charge in [-0.15, -0.1) is 0 Å². The van der Waals surface area contributed by atoms with Gasteiger partial charge in [-0.1, -0.05) is 19.9 Å². The van der Waals surface area contributed by atoms with Crippen molar-refractivity contribution in [3.63, 3.8) is 0 Å². The number of ether oxygens (including phenoxy) is 2. The van der Waals surface area contributed by atoms with Gasteiger partial charge in [0.25, 0.3) is 11.7 Å². The van der Waals surface area contributed by atoms with Gasteiger partial charge in [0.1, 0.15) is 11.5 Å². The Hall–Kier alpha value is -3.19. The quantitative estimate of drug-likeness (QED) is 0.286. The number of rotatable bonds is 9. The van der Waals surface area contributed by atoms with Crippen LogP contribution in [0.1, 0.15) is 37.4 Å². The van der Waals surface area contributed by atoms with E-state index in [-0.39, 0.29) is 11.3 Å². The maximum Gasteiger partial charge on any atom is 0.295 e. The minimum Gasteiger partial charge on any atom is -0.507 e. The third-order valence-corrected chi connectivity index (χ3v) is 5.00. The molecule has 0 saturated carbocycles. The van der Waals surface area contributed by atoms with Crippen LogP contribution in [0.25, 0.3) is 5.76 Å². The van der Waals surface area contributed by atoms with Crippen molar-refractivity contribution in [2.24, 2.45) is 5.92 Å². The van der Waals surface area contributed by atoms with E-state index >= 15 is 0 Å². The number of carbonyl (C=O) groups excluding carboxylic acids is 2. The minimum atomic E-state index is -0.706. The van der Waals surface area contributed by atoms with Crippen LogP contribution in [0, 0.1) is 5.92 Å². The molecule has 31 heavy (non-hydrogen) atoms. The summed E-state index contributed by atoms with van der Waals surface area (Å²) in [5.74, 6) is -0.486. The predicted molar refractivity (Wildman–Crippen MR) is 117 cm³/mol. The zero-order chi connectivity index (χ0) is 22.4. The maximum absolute atomic E-state index is 12.9. The van der Waals surface area contributed by atoms with E-state index in [1.165, 1.54) is 4.90 Å². The SMILES string of the molecule is COCCCN1C(=O)C(=O)/C(=C(/O)c2ccc(OCC(C)C)cc2)[C@H]1c1cccnc1. The van der Waals surface area contributed by atoms with Crippen molar-refractivity contribution in [1.29, 1.82) is 0 Å². The van der Waals surface area contributed by atoms with Crippen LogP contribution in [-0.4, -0.2) is 53.5 Å². The molecule has 3 rings (SSSR count).